The highest BCUT2D eigenvalue weighted by molar-refractivity contribution is 7.99. The van der Waals surface area contributed by atoms with Crippen LogP contribution in [0, 0.1) is 13.8 Å². The number of hydrogen-bond acceptors (Lipinski definition) is 4. The molecule has 146 valence electrons. The third kappa shape index (κ3) is 3.92. The van der Waals surface area contributed by atoms with Crippen LogP contribution in [0.2, 0.25) is 0 Å². The van der Waals surface area contributed by atoms with Crippen molar-refractivity contribution in [1.82, 2.24) is 19.3 Å². The van der Waals surface area contributed by atoms with E-state index in [2.05, 4.69) is 46.0 Å². The predicted octanol–water partition coefficient (Wildman–Crippen LogP) is 4.33. The SMILES string of the molecule is Cc1cc(C(=O)CSc2nnc(C3CC3)n2C)c(C)n1CCc1ccccc1. The molecule has 2 heterocycles. The smallest absolute Gasteiger partial charge is 0.191 e. The highest BCUT2D eigenvalue weighted by atomic mass is 32.2. The number of ketones is 1. The number of aromatic nitrogens is 4. The molecule has 1 saturated carbocycles. The molecule has 3 aromatic rings. The molecule has 0 atom stereocenters. The van der Waals surface area contributed by atoms with E-state index < -0.39 is 0 Å². The van der Waals surface area contributed by atoms with Crippen LogP contribution < -0.4 is 0 Å². The second-order valence-corrected chi connectivity index (χ2v) is 8.50. The van der Waals surface area contributed by atoms with Crippen molar-refractivity contribution in [3.63, 3.8) is 0 Å². The highest BCUT2D eigenvalue weighted by Crippen LogP contribution is 2.39. The second kappa shape index (κ2) is 7.95. The van der Waals surface area contributed by atoms with Crippen LogP contribution in [-0.4, -0.2) is 30.9 Å². The van der Waals surface area contributed by atoms with Crippen LogP contribution in [0.15, 0.2) is 41.6 Å². The summed E-state index contributed by atoms with van der Waals surface area (Å²) in [5.41, 5.74) is 4.32. The Kier molecular flexibility index (Phi) is 5.40. The molecule has 6 heteroatoms. The van der Waals surface area contributed by atoms with Crippen LogP contribution in [-0.2, 0) is 20.0 Å². The highest BCUT2D eigenvalue weighted by Gasteiger charge is 2.29. The molecule has 1 aliphatic rings. The first kappa shape index (κ1) is 19.0. The second-order valence-electron chi connectivity index (χ2n) is 7.56. The molecule has 1 aliphatic carbocycles. The van der Waals surface area contributed by atoms with Gasteiger partial charge in [0, 0.05) is 36.5 Å². The van der Waals surface area contributed by atoms with Crippen molar-refractivity contribution < 1.29 is 4.79 Å². The van der Waals surface area contributed by atoms with E-state index in [1.807, 2.05) is 30.7 Å². The summed E-state index contributed by atoms with van der Waals surface area (Å²) in [5.74, 6) is 2.15. The Morgan fingerprint density at radius 1 is 1.18 bits per heavy atom. The van der Waals surface area contributed by atoms with Gasteiger partial charge in [0.2, 0.25) is 0 Å². The van der Waals surface area contributed by atoms with E-state index in [-0.39, 0.29) is 5.78 Å². The minimum absolute atomic E-state index is 0.153. The van der Waals surface area contributed by atoms with E-state index in [1.54, 1.807) is 0 Å². The topological polar surface area (TPSA) is 52.7 Å². The van der Waals surface area contributed by atoms with E-state index in [9.17, 15) is 4.79 Å². The van der Waals surface area contributed by atoms with E-state index >= 15 is 0 Å². The van der Waals surface area contributed by atoms with E-state index in [0.717, 1.165) is 40.9 Å². The van der Waals surface area contributed by atoms with Crippen LogP contribution in [0.1, 0.15) is 51.9 Å². The van der Waals surface area contributed by atoms with Gasteiger partial charge in [-0.1, -0.05) is 42.1 Å². The third-order valence-corrected chi connectivity index (χ3v) is 6.50. The largest absolute Gasteiger partial charge is 0.348 e. The molecule has 4 rings (SSSR count). The normalized spacial score (nSPS) is 13.8. The molecule has 1 aromatic carbocycles. The maximum absolute atomic E-state index is 12.9. The molecule has 0 aliphatic heterocycles. The number of thioether (sulfide) groups is 1. The lowest BCUT2D eigenvalue weighted by atomic mass is 10.1. The van der Waals surface area contributed by atoms with E-state index in [4.69, 9.17) is 0 Å². The average molecular weight is 395 g/mol. The molecular weight excluding hydrogens is 368 g/mol. The van der Waals surface area contributed by atoms with Crippen LogP contribution in [0.5, 0.6) is 0 Å². The zero-order valence-corrected chi connectivity index (χ0v) is 17.5. The molecule has 0 bridgehead atoms. The molecule has 0 amide bonds. The van der Waals surface area contributed by atoms with Gasteiger partial charge >= 0.3 is 0 Å². The van der Waals surface area contributed by atoms with Gasteiger partial charge in [-0.2, -0.15) is 0 Å². The minimum atomic E-state index is 0.153. The minimum Gasteiger partial charge on any atom is -0.348 e. The number of aryl methyl sites for hydroxylation is 2. The summed E-state index contributed by atoms with van der Waals surface area (Å²) in [4.78, 5) is 12.9. The van der Waals surface area contributed by atoms with Gasteiger partial charge in [0.1, 0.15) is 5.82 Å². The number of carbonyl (C=O) groups excluding carboxylic acids is 1. The molecule has 0 saturated heterocycles. The zero-order valence-electron chi connectivity index (χ0n) is 16.7. The summed E-state index contributed by atoms with van der Waals surface area (Å²) in [6.45, 7) is 5.01. The lowest BCUT2D eigenvalue weighted by Gasteiger charge is -2.10. The monoisotopic (exact) mass is 394 g/mol. The van der Waals surface area contributed by atoms with Crippen LogP contribution in [0.3, 0.4) is 0 Å². The third-order valence-electron chi connectivity index (χ3n) is 5.48. The summed E-state index contributed by atoms with van der Waals surface area (Å²) in [6, 6.07) is 12.5. The molecule has 0 N–H and O–H groups in total. The van der Waals surface area contributed by atoms with Gasteiger partial charge in [0.15, 0.2) is 10.9 Å². The van der Waals surface area contributed by atoms with Gasteiger partial charge < -0.3 is 9.13 Å². The van der Waals surface area contributed by atoms with E-state index in [0.29, 0.717) is 11.7 Å². The summed E-state index contributed by atoms with van der Waals surface area (Å²) in [7, 11) is 2.00. The molecule has 28 heavy (non-hydrogen) atoms. The Balaban J connectivity index is 1.41. The first-order chi connectivity index (χ1) is 13.5. The van der Waals surface area contributed by atoms with Gasteiger partial charge in [-0.05, 0) is 44.7 Å². The fraction of sp³-hybridized carbons (Fsp3) is 0.409. The number of benzene rings is 1. The molecule has 1 fully saturated rings. The Bertz CT molecular complexity index is 986. The maximum Gasteiger partial charge on any atom is 0.191 e. The van der Waals surface area contributed by atoms with Crippen molar-refractivity contribution >= 4 is 17.5 Å². The molecule has 0 unspecified atom stereocenters. The molecule has 5 nitrogen and oxygen atoms in total. The molecular formula is C22H26N4OS. The lowest BCUT2D eigenvalue weighted by Crippen LogP contribution is -2.08. The van der Waals surface area contributed by atoms with Crippen LogP contribution >= 0.6 is 11.8 Å². The predicted molar refractivity (Wildman–Crippen MR) is 112 cm³/mol. The van der Waals surface area contributed by atoms with Gasteiger partial charge in [0.25, 0.3) is 0 Å². The number of rotatable bonds is 8. The first-order valence-corrected chi connectivity index (χ1v) is 10.8. The van der Waals surface area contributed by atoms with Gasteiger partial charge in [-0.25, -0.2) is 0 Å². The molecule has 0 spiro atoms. The van der Waals surface area contributed by atoms with E-state index in [1.165, 1.54) is 30.2 Å². The quantitative estimate of drug-likeness (QED) is 0.422. The Morgan fingerprint density at radius 2 is 1.93 bits per heavy atom. The van der Waals surface area contributed by atoms with Gasteiger partial charge in [-0.3, -0.25) is 4.79 Å². The fourth-order valence-corrected chi connectivity index (χ4v) is 4.47. The Hall–Kier alpha value is -2.34. The Morgan fingerprint density at radius 3 is 2.64 bits per heavy atom. The standard InChI is InChI=1S/C22H26N4OS/c1-15-13-19(16(2)26(15)12-11-17-7-5-4-6-8-17)20(27)14-28-22-24-23-21(25(22)3)18-9-10-18/h4-8,13,18H,9-12,14H2,1-3H3. The average Bonchev–Trinajstić information content (AvgIpc) is 3.41. The fourth-order valence-electron chi connectivity index (χ4n) is 3.67. The van der Waals surface area contributed by atoms with Crippen molar-refractivity contribution in [2.24, 2.45) is 7.05 Å². The number of carbonyl (C=O) groups is 1. The number of hydrogen-bond donors (Lipinski definition) is 0. The van der Waals surface area contributed by atoms with Crippen molar-refractivity contribution in [3.05, 3.63) is 64.7 Å². The number of Topliss-reactive ketones (excluding diaryl/α,β-unsaturated/α-hetero) is 1. The molecule has 2 aromatic heterocycles. The van der Waals surface area contributed by atoms with Crippen molar-refractivity contribution in [2.45, 2.75) is 50.7 Å². The van der Waals surface area contributed by atoms with Crippen molar-refractivity contribution in [2.75, 3.05) is 5.75 Å². The molecule has 0 radical (unpaired) electrons. The first-order valence-electron chi connectivity index (χ1n) is 9.80. The van der Waals surface area contributed by atoms with Crippen LogP contribution in [0.4, 0.5) is 0 Å². The summed E-state index contributed by atoms with van der Waals surface area (Å²) in [5, 5.41) is 9.39. The van der Waals surface area contributed by atoms with Gasteiger partial charge in [0.05, 0.1) is 5.75 Å². The van der Waals surface area contributed by atoms with Crippen molar-refractivity contribution in [3.8, 4) is 0 Å². The summed E-state index contributed by atoms with van der Waals surface area (Å²) >= 11 is 1.48. The number of nitrogens with zero attached hydrogens (tertiary/aromatic N) is 4. The summed E-state index contributed by atoms with van der Waals surface area (Å²) < 4.78 is 4.29. The van der Waals surface area contributed by atoms with Crippen molar-refractivity contribution in [1.29, 1.82) is 0 Å². The Labute approximate surface area is 170 Å². The zero-order chi connectivity index (χ0) is 19.7. The van der Waals surface area contributed by atoms with Gasteiger partial charge in [-0.15, -0.1) is 10.2 Å². The maximum atomic E-state index is 12.9. The summed E-state index contributed by atoms with van der Waals surface area (Å²) in [6.07, 6.45) is 3.36. The lowest BCUT2D eigenvalue weighted by molar-refractivity contribution is 0.102. The van der Waals surface area contributed by atoms with Crippen LogP contribution in [0.25, 0.3) is 0 Å².